The van der Waals surface area contributed by atoms with E-state index < -0.39 is 0 Å². The van der Waals surface area contributed by atoms with Gasteiger partial charge in [-0.2, -0.15) is 0 Å². The second-order valence-corrected chi connectivity index (χ2v) is 4.47. The molecule has 0 saturated heterocycles. The van der Waals surface area contributed by atoms with Crippen LogP contribution in [0.3, 0.4) is 0 Å². The van der Waals surface area contributed by atoms with Crippen LogP contribution in [0.4, 0.5) is 0 Å². The topological polar surface area (TPSA) is 34.1 Å². The molecule has 1 unspecified atom stereocenters. The number of hydrogen-bond acceptors (Lipinski definition) is 3. The Morgan fingerprint density at radius 3 is 3.00 bits per heavy atom. The van der Waals surface area contributed by atoms with Gasteiger partial charge in [-0.1, -0.05) is 18.5 Å². The smallest absolute Gasteiger partial charge is 0.115 e. The van der Waals surface area contributed by atoms with Crippen LogP contribution in [0.1, 0.15) is 31.5 Å². The van der Waals surface area contributed by atoms with Crippen molar-refractivity contribution in [3.05, 3.63) is 40.9 Å². The molecule has 0 radical (unpaired) electrons. The van der Waals surface area contributed by atoms with Gasteiger partial charge in [-0.25, -0.2) is 0 Å². The van der Waals surface area contributed by atoms with Crippen LogP contribution in [0.15, 0.2) is 30.2 Å². The van der Waals surface area contributed by atoms with Gasteiger partial charge in [0, 0.05) is 12.6 Å². The van der Waals surface area contributed by atoms with Crippen molar-refractivity contribution < 1.29 is 4.74 Å². The van der Waals surface area contributed by atoms with E-state index in [1.807, 2.05) is 12.1 Å². The van der Waals surface area contributed by atoms with E-state index in [1.54, 1.807) is 6.20 Å². The fourth-order valence-electron chi connectivity index (χ4n) is 1.84. The van der Waals surface area contributed by atoms with Crippen molar-refractivity contribution in [2.24, 2.45) is 0 Å². The van der Waals surface area contributed by atoms with Crippen LogP contribution in [-0.4, -0.2) is 18.1 Å². The maximum Gasteiger partial charge on any atom is 0.115 e. The van der Waals surface area contributed by atoms with Crippen molar-refractivity contribution in [2.75, 3.05) is 13.2 Å². The SMILES string of the molecule is CCCNC(C1=CCCO1)c1ccc(Cl)cn1. The van der Waals surface area contributed by atoms with E-state index in [0.29, 0.717) is 5.02 Å². The molecule has 1 atom stereocenters. The average Bonchev–Trinajstić information content (AvgIpc) is 2.85. The van der Waals surface area contributed by atoms with Crippen LogP contribution in [0.2, 0.25) is 5.02 Å². The number of nitrogens with zero attached hydrogens (tertiary/aromatic N) is 1. The van der Waals surface area contributed by atoms with Crippen LogP contribution in [-0.2, 0) is 4.74 Å². The third-order valence-corrected chi connectivity index (χ3v) is 2.88. The maximum absolute atomic E-state index is 5.85. The highest BCUT2D eigenvalue weighted by molar-refractivity contribution is 6.30. The molecule has 0 bridgehead atoms. The van der Waals surface area contributed by atoms with Crippen molar-refractivity contribution in [3.63, 3.8) is 0 Å². The summed E-state index contributed by atoms with van der Waals surface area (Å²) < 4.78 is 5.62. The molecule has 0 saturated carbocycles. The van der Waals surface area contributed by atoms with E-state index in [1.165, 1.54) is 0 Å². The zero-order valence-electron chi connectivity index (χ0n) is 9.95. The lowest BCUT2D eigenvalue weighted by Crippen LogP contribution is -2.25. The van der Waals surface area contributed by atoms with Gasteiger partial charge in [-0.15, -0.1) is 0 Å². The molecule has 0 aliphatic carbocycles. The Morgan fingerprint density at radius 1 is 1.53 bits per heavy atom. The Hall–Kier alpha value is -1.06. The Labute approximate surface area is 107 Å². The molecule has 92 valence electrons. The highest BCUT2D eigenvalue weighted by Gasteiger charge is 2.21. The molecule has 0 aromatic carbocycles. The summed E-state index contributed by atoms with van der Waals surface area (Å²) in [5.41, 5.74) is 0.955. The molecule has 1 aliphatic rings. The second kappa shape index (κ2) is 6.03. The molecule has 1 aromatic rings. The van der Waals surface area contributed by atoms with Gasteiger partial charge >= 0.3 is 0 Å². The van der Waals surface area contributed by atoms with Gasteiger partial charge in [0.15, 0.2) is 0 Å². The first-order chi connectivity index (χ1) is 8.31. The molecule has 1 N–H and O–H groups in total. The molecular weight excluding hydrogens is 236 g/mol. The number of pyridine rings is 1. The number of hydrogen-bond donors (Lipinski definition) is 1. The number of aromatic nitrogens is 1. The predicted octanol–water partition coefficient (Wildman–Crippen LogP) is 3.08. The summed E-state index contributed by atoms with van der Waals surface area (Å²) in [7, 11) is 0. The summed E-state index contributed by atoms with van der Waals surface area (Å²) >= 11 is 5.85. The van der Waals surface area contributed by atoms with Gasteiger partial charge in [0.25, 0.3) is 0 Å². The molecule has 4 heteroatoms. The first-order valence-electron chi connectivity index (χ1n) is 5.99. The van der Waals surface area contributed by atoms with Crippen molar-refractivity contribution in [1.29, 1.82) is 0 Å². The van der Waals surface area contributed by atoms with Gasteiger partial charge in [-0.3, -0.25) is 4.98 Å². The van der Waals surface area contributed by atoms with Gasteiger partial charge < -0.3 is 10.1 Å². The second-order valence-electron chi connectivity index (χ2n) is 4.03. The first-order valence-corrected chi connectivity index (χ1v) is 6.36. The van der Waals surface area contributed by atoms with Gasteiger partial charge in [0.05, 0.1) is 17.3 Å². The molecule has 1 aromatic heterocycles. The summed E-state index contributed by atoms with van der Waals surface area (Å²) in [6.45, 7) is 3.85. The van der Waals surface area contributed by atoms with Crippen LogP contribution < -0.4 is 5.32 Å². The molecule has 3 nitrogen and oxygen atoms in total. The Kier molecular flexibility index (Phi) is 4.40. The molecular formula is C13H17ClN2O. The molecule has 1 aliphatic heterocycles. The first kappa shape index (κ1) is 12.4. The van der Waals surface area contributed by atoms with E-state index in [4.69, 9.17) is 16.3 Å². The maximum atomic E-state index is 5.85. The van der Waals surface area contributed by atoms with E-state index in [0.717, 1.165) is 37.4 Å². The van der Waals surface area contributed by atoms with Crippen molar-refractivity contribution in [2.45, 2.75) is 25.8 Å². The Bertz CT molecular complexity index is 389. The highest BCUT2D eigenvalue weighted by atomic mass is 35.5. The van der Waals surface area contributed by atoms with Crippen LogP contribution >= 0.6 is 11.6 Å². The minimum Gasteiger partial charge on any atom is -0.496 e. The molecule has 17 heavy (non-hydrogen) atoms. The van der Waals surface area contributed by atoms with Crippen LogP contribution in [0, 0.1) is 0 Å². The third kappa shape index (κ3) is 3.20. The molecule has 0 amide bonds. The summed E-state index contributed by atoms with van der Waals surface area (Å²) in [6.07, 6.45) is 5.86. The normalized spacial score (nSPS) is 16.5. The molecule has 0 fully saturated rings. The van der Waals surface area contributed by atoms with Crippen molar-refractivity contribution in [1.82, 2.24) is 10.3 Å². The minimum absolute atomic E-state index is 0.0507. The van der Waals surface area contributed by atoms with E-state index in [9.17, 15) is 0 Å². The number of halogens is 1. The fraction of sp³-hybridized carbons (Fsp3) is 0.462. The summed E-state index contributed by atoms with van der Waals surface area (Å²) in [5.74, 6) is 0.980. The third-order valence-electron chi connectivity index (χ3n) is 2.66. The van der Waals surface area contributed by atoms with Crippen LogP contribution in [0.5, 0.6) is 0 Å². The highest BCUT2D eigenvalue weighted by Crippen LogP contribution is 2.25. The van der Waals surface area contributed by atoms with E-state index in [-0.39, 0.29) is 6.04 Å². The number of rotatable bonds is 5. The molecule has 2 heterocycles. The summed E-state index contributed by atoms with van der Waals surface area (Å²) in [5, 5.41) is 4.11. The lowest BCUT2D eigenvalue weighted by Gasteiger charge is -2.19. The quantitative estimate of drug-likeness (QED) is 0.875. The molecule has 0 spiro atoms. The largest absolute Gasteiger partial charge is 0.496 e. The monoisotopic (exact) mass is 252 g/mol. The van der Waals surface area contributed by atoms with Crippen molar-refractivity contribution in [3.8, 4) is 0 Å². The number of nitrogens with one attached hydrogen (secondary N) is 1. The number of ether oxygens (including phenoxy) is 1. The lowest BCUT2D eigenvalue weighted by molar-refractivity contribution is 0.214. The predicted molar refractivity (Wildman–Crippen MR) is 68.9 cm³/mol. The van der Waals surface area contributed by atoms with Crippen LogP contribution in [0.25, 0.3) is 0 Å². The van der Waals surface area contributed by atoms with Gasteiger partial charge in [0.2, 0.25) is 0 Å². The standard InChI is InChI=1S/C13H17ClN2O/c1-2-7-15-13(12-4-3-8-17-12)11-6-5-10(14)9-16-11/h4-6,9,13,15H,2-3,7-8H2,1H3. The van der Waals surface area contributed by atoms with Crippen molar-refractivity contribution >= 4 is 11.6 Å². The summed E-state index contributed by atoms with van der Waals surface area (Å²) in [6, 6.07) is 3.85. The minimum atomic E-state index is 0.0507. The summed E-state index contributed by atoms with van der Waals surface area (Å²) in [4.78, 5) is 4.36. The zero-order chi connectivity index (χ0) is 12.1. The van der Waals surface area contributed by atoms with E-state index in [2.05, 4.69) is 23.3 Å². The average molecular weight is 253 g/mol. The molecule has 2 rings (SSSR count). The lowest BCUT2D eigenvalue weighted by atomic mass is 10.1. The fourth-order valence-corrected chi connectivity index (χ4v) is 1.95. The van der Waals surface area contributed by atoms with E-state index >= 15 is 0 Å². The van der Waals surface area contributed by atoms with Gasteiger partial charge in [0.1, 0.15) is 11.8 Å². The van der Waals surface area contributed by atoms with Gasteiger partial charge in [-0.05, 0) is 31.2 Å². The zero-order valence-corrected chi connectivity index (χ0v) is 10.7. The Balaban J connectivity index is 2.16. The Morgan fingerprint density at radius 2 is 2.41 bits per heavy atom.